The number of hydrogen-bond acceptors (Lipinski definition) is 3. The van der Waals surface area contributed by atoms with E-state index in [9.17, 15) is 18.3 Å². The summed E-state index contributed by atoms with van der Waals surface area (Å²) in [5.74, 6) is -1.39. The minimum atomic E-state index is -3.38. The summed E-state index contributed by atoms with van der Waals surface area (Å²) >= 11 is 0. The standard InChI is InChI=1S/C12H23NO4S/c1-9(2)8-18(16,17)13-11-7-5-3-4-6-10(11)12(14)15/h9-11,13H,3-8H2,1-2H3,(H,14,15). The van der Waals surface area contributed by atoms with Crippen LogP contribution in [0.5, 0.6) is 0 Å². The first-order valence-electron chi connectivity index (χ1n) is 6.54. The predicted molar refractivity (Wildman–Crippen MR) is 69.8 cm³/mol. The molecule has 2 N–H and O–H groups in total. The zero-order valence-corrected chi connectivity index (χ0v) is 11.9. The van der Waals surface area contributed by atoms with Gasteiger partial charge >= 0.3 is 5.97 Å². The van der Waals surface area contributed by atoms with Gasteiger partial charge in [0.2, 0.25) is 10.0 Å². The predicted octanol–water partition coefficient (Wildman–Crippen LogP) is 1.60. The van der Waals surface area contributed by atoms with E-state index in [1.807, 2.05) is 13.8 Å². The first-order valence-corrected chi connectivity index (χ1v) is 8.20. The molecule has 1 aliphatic carbocycles. The summed E-state index contributed by atoms with van der Waals surface area (Å²) < 4.78 is 26.4. The zero-order valence-electron chi connectivity index (χ0n) is 11.1. The Morgan fingerprint density at radius 2 is 1.89 bits per heavy atom. The first kappa shape index (κ1) is 15.4. The Balaban J connectivity index is 2.74. The average Bonchev–Trinajstić information content (AvgIpc) is 2.39. The molecule has 106 valence electrons. The Labute approximate surface area is 109 Å². The Bertz CT molecular complexity index is 378. The maximum absolute atomic E-state index is 11.9. The molecule has 0 aromatic rings. The van der Waals surface area contributed by atoms with Crippen LogP contribution in [0.2, 0.25) is 0 Å². The Morgan fingerprint density at radius 1 is 1.28 bits per heavy atom. The molecular weight excluding hydrogens is 254 g/mol. The third kappa shape index (κ3) is 4.94. The molecule has 1 fully saturated rings. The molecule has 0 bridgehead atoms. The van der Waals surface area contributed by atoms with E-state index in [1.165, 1.54) is 0 Å². The van der Waals surface area contributed by atoms with Crippen molar-refractivity contribution in [3.8, 4) is 0 Å². The van der Waals surface area contributed by atoms with Crippen LogP contribution in [-0.4, -0.2) is 31.3 Å². The van der Waals surface area contributed by atoms with Crippen molar-refractivity contribution in [2.75, 3.05) is 5.75 Å². The molecule has 0 aliphatic heterocycles. The van der Waals surface area contributed by atoms with E-state index >= 15 is 0 Å². The highest BCUT2D eigenvalue weighted by Crippen LogP contribution is 2.24. The average molecular weight is 277 g/mol. The van der Waals surface area contributed by atoms with Crippen LogP contribution in [0.3, 0.4) is 0 Å². The van der Waals surface area contributed by atoms with Gasteiger partial charge in [-0.25, -0.2) is 13.1 Å². The van der Waals surface area contributed by atoms with E-state index in [0.29, 0.717) is 12.8 Å². The van der Waals surface area contributed by atoms with E-state index in [2.05, 4.69) is 4.72 Å². The lowest BCUT2D eigenvalue weighted by molar-refractivity contribution is -0.142. The zero-order chi connectivity index (χ0) is 13.8. The molecule has 5 nitrogen and oxygen atoms in total. The molecule has 0 heterocycles. The van der Waals surface area contributed by atoms with Crippen molar-refractivity contribution in [2.45, 2.75) is 52.0 Å². The first-order chi connectivity index (χ1) is 8.32. The van der Waals surface area contributed by atoms with E-state index < -0.39 is 28.0 Å². The number of carboxylic acids is 1. The van der Waals surface area contributed by atoms with Crippen molar-refractivity contribution in [1.82, 2.24) is 4.72 Å². The highest BCUT2D eigenvalue weighted by Gasteiger charge is 2.32. The lowest BCUT2D eigenvalue weighted by Crippen LogP contribution is -2.44. The molecule has 18 heavy (non-hydrogen) atoms. The van der Waals surface area contributed by atoms with Crippen molar-refractivity contribution in [2.24, 2.45) is 11.8 Å². The monoisotopic (exact) mass is 277 g/mol. The number of carboxylic acid groups (broad SMARTS) is 1. The molecule has 6 heteroatoms. The quantitative estimate of drug-likeness (QED) is 0.748. The summed E-state index contributed by atoms with van der Waals surface area (Å²) in [5, 5.41) is 9.18. The number of aliphatic carboxylic acids is 1. The van der Waals surface area contributed by atoms with Gasteiger partial charge in [0, 0.05) is 6.04 Å². The van der Waals surface area contributed by atoms with Crippen molar-refractivity contribution >= 4 is 16.0 Å². The highest BCUT2D eigenvalue weighted by molar-refractivity contribution is 7.89. The van der Waals surface area contributed by atoms with E-state index in [0.717, 1.165) is 19.3 Å². The van der Waals surface area contributed by atoms with Crippen molar-refractivity contribution in [1.29, 1.82) is 0 Å². The van der Waals surface area contributed by atoms with Crippen LogP contribution in [0, 0.1) is 11.8 Å². The minimum absolute atomic E-state index is 0.0385. The molecule has 2 unspecified atom stereocenters. The molecule has 0 amide bonds. The number of hydrogen-bond donors (Lipinski definition) is 2. The van der Waals surface area contributed by atoms with E-state index in [-0.39, 0.29) is 11.7 Å². The van der Waals surface area contributed by atoms with Gasteiger partial charge in [-0.05, 0) is 18.8 Å². The van der Waals surface area contributed by atoms with Gasteiger partial charge in [0.15, 0.2) is 0 Å². The summed E-state index contributed by atoms with van der Waals surface area (Å²) in [6, 6.07) is -0.450. The maximum atomic E-state index is 11.9. The summed E-state index contributed by atoms with van der Waals surface area (Å²) in [6.45, 7) is 3.67. The summed E-state index contributed by atoms with van der Waals surface area (Å²) in [4.78, 5) is 11.2. The van der Waals surface area contributed by atoms with Crippen LogP contribution >= 0.6 is 0 Å². The fourth-order valence-electron chi connectivity index (χ4n) is 2.46. The van der Waals surface area contributed by atoms with Gasteiger partial charge < -0.3 is 5.11 Å². The normalized spacial score (nSPS) is 25.9. The summed E-state index contributed by atoms with van der Waals surface area (Å²) in [5.41, 5.74) is 0. The number of sulfonamides is 1. The molecule has 0 spiro atoms. The maximum Gasteiger partial charge on any atom is 0.308 e. The van der Waals surface area contributed by atoms with Gasteiger partial charge in [0.05, 0.1) is 11.7 Å². The van der Waals surface area contributed by atoms with Crippen molar-refractivity contribution < 1.29 is 18.3 Å². The van der Waals surface area contributed by atoms with Gasteiger partial charge in [0.25, 0.3) is 0 Å². The second-order valence-electron chi connectivity index (χ2n) is 5.48. The molecule has 0 aromatic carbocycles. The lowest BCUT2D eigenvalue weighted by atomic mass is 9.96. The Morgan fingerprint density at radius 3 is 2.44 bits per heavy atom. The SMILES string of the molecule is CC(C)CS(=O)(=O)NC1CCCCCC1C(=O)O. The third-order valence-electron chi connectivity index (χ3n) is 3.22. The van der Waals surface area contributed by atoms with Crippen LogP contribution in [-0.2, 0) is 14.8 Å². The Hall–Kier alpha value is -0.620. The molecule has 0 saturated heterocycles. The fourth-order valence-corrected chi connectivity index (χ4v) is 4.18. The molecule has 0 aromatic heterocycles. The largest absolute Gasteiger partial charge is 0.481 e. The number of nitrogens with one attached hydrogen (secondary N) is 1. The summed E-state index contributed by atoms with van der Waals surface area (Å²) in [6.07, 6.45) is 3.91. The van der Waals surface area contributed by atoms with Gasteiger partial charge in [-0.15, -0.1) is 0 Å². The fraction of sp³-hybridized carbons (Fsp3) is 0.917. The number of carbonyl (C=O) groups is 1. The second-order valence-corrected chi connectivity index (χ2v) is 7.28. The lowest BCUT2D eigenvalue weighted by Gasteiger charge is -2.23. The van der Waals surface area contributed by atoms with Crippen LogP contribution in [0.4, 0.5) is 0 Å². The molecule has 1 saturated carbocycles. The van der Waals surface area contributed by atoms with Crippen LogP contribution in [0.1, 0.15) is 46.0 Å². The van der Waals surface area contributed by atoms with Crippen LogP contribution < -0.4 is 4.72 Å². The highest BCUT2D eigenvalue weighted by atomic mass is 32.2. The van der Waals surface area contributed by atoms with Crippen LogP contribution in [0.15, 0.2) is 0 Å². The van der Waals surface area contributed by atoms with E-state index in [1.54, 1.807) is 0 Å². The third-order valence-corrected chi connectivity index (χ3v) is 4.98. The molecule has 2 atom stereocenters. The topological polar surface area (TPSA) is 83.5 Å². The molecule has 1 aliphatic rings. The van der Waals surface area contributed by atoms with Crippen LogP contribution in [0.25, 0.3) is 0 Å². The van der Waals surface area contributed by atoms with Gasteiger partial charge in [0.1, 0.15) is 0 Å². The van der Waals surface area contributed by atoms with Crippen molar-refractivity contribution in [3.63, 3.8) is 0 Å². The van der Waals surface area contributed by atoms with E-state index in [4.69, 9.17) is 0 Å². The number of rotatable bonds is 5. The van der Waals surface area contributed by atoms with Gasteiger partial charge in [-0.1, -0.05) is 33.1 Å². The van der Waals surface area contributed by atoms with Gasteiger partial charge in [-0.2, -0.15) is 0 Å². The Kier molecular flexibility index (Phi) is 5.59. The second kappa shape index (κ2) is 6.52. The molecule has 1 rings (SSSR count). The molecule has 0 radical (unpaired) electrons. The smallest absolute Gasteiger partial charge is 0.308 e. The van der Waals surface area contributed by atoms with Crippen molar-refractivity contribution in [3.05, 3.63) is 0 Å². The minimum Gasteiger partial charge on any atom is -0.481 e. The summed E-state index contributed by atoms with van der Waals surface area (Å²) in [7, 11) is -3.38. The van der Waals surface area contributed by atoms with Gasteiger partial charge in [-0.3, -0.25) is 4.79 Å². The molecular formula is C12H23NO4S.